The molecule has 0 bridgehead atoms. The number of methoxy groups -OCH3 is 1. The van der Waals surface area contributed by atoms with Crippen LogP contribution in [0.3, 0.4) is 0 Å². The summed E-state index contributed by atoms with van der Waals surface area (Å²) in [5.41, 5.74) is 2.50. The standard InChI is InChI=1S/C24H28BNO5S.C2H6O/c1-23(2)24(3,4)31-25(30-23)20-14-17(15-21-19(20)10-12-26(21)32(5)28)16-29-22-9-7-6-8-18(22)11-13-27;1-3-2/h6-10,12-15H,11,16H2,1-5H3;1-2H3. The number of hydrogen-bond donors (Lipinski definition) is 0. The third-order valence-corrected chi connectivity index (χ3v) is 7.19. The summed E-state index contributed by atoms with van der Waals surface area (Å²) in [5.74, 6) is 0.673. The summed E-state index contributed by atoms with van der Waals surface area (Å²) in [4.78, 5) is 11.0. The lowest BCUT2D eigenvalue weighted by molar-refractivity contribution is -0.107. The van der Waals surface area contributed by atoms with Gasteiger partial charge in [-0.05, 0) is 56.9 Å². The van der Waals surface area contributed by atoms with E-state index in [-0.39, 0.29) is 0 Å². The van der Waals surface area contributed by atoms with Crippen molar-refractivity contribution >= 4 is 40.8 Å². The molecule has 1 atom stereocenters. The number of para-hydroxylation sites is 1. The van der Waals surface area contributed by atoms with Gasteiger partial charge in [-0.15, -0.1) is 0 Å². The van der Waals surface area contributed by atoms with Crippen molar-refractivity contribution in [1.82, 2.24) is 3.97 Å². The molecule has 0 amide bonds. The summed E-state index contributed by atoms with van der Waals surface area (Å²) < 4.78 is 37.0. The first-order valence-corrected chi connectivity index (χ1v) is 12.9. The second kappa shape index (κ2) is 11.1. The van der Waals surface area contributed by atoms with Gasteiger partial charge in [0.05, 0.1) is 16.7 Å². The average Bonchev–Trinajstić information content (AvgIpc) is 3.31. The fraction of sp³-hybridized carbons (Fsp3) is 0.423. The quantitative estimate of drug-likeness (QED) is 0.365. The molecule has 35 heavy (non-hydrogen) atoms. The Morgan fingerprint density at radius 1 is 1.06 bits per heavy atom. The Morgan fingerprint density at radius 2 is 1.69 bits per heavy atom. The lowest BCUT2D eigenvalue weighted by Gasteiger charge is -2.32. The molecule has 2 aromatic carbocycles. The van der Waals surface area contributed by atoms with Gasteiger partial charge in [-0.2, -0.15) is 0 Å². The molecule has 1 unspecified atom stereocenters. The van der Waals surface area contributed by atoms with Crippen LogP contribution in [0.2, 0.25) is 0 Å². The van der Waals surface area contributed by atoms with Crippen LogP contribution < -0.4 is 10.2 Å². The van der Waals surface area contributed by atoms with Gasteiger partial charge in [0, 0.05) is 44.0 Å². The van der Waals surface area contributed by atoms with Crippen LogP contribution in [0.1, 0.15) is 38.8 Å². The third-order valence-electron chi connectivity index (χ3n) is 6.32. The molecule has 3 aromatic rings. The smallest absolute Gasteiger partial charge is 0.489 e. The molecule has 2 heterocycles. The number of nitrogens with zero attached hydrogens (tertiary/aromatic N) is 1. The molecule has 9 heteroatoms. The van der Waals surface area contributed by atoms with E-state index in [1.807, 2.05) is 76.4 Å². The zero-order chi connectivity index (χ0) is 25.8. The maximum absolute atomic E-state index is 12.3. The van der Waals surface area contributed by atoms with Gasteiger partial charge in [0.2, 0.25) is 0 Å². The average molecular weight is 499 g/mol. The largest absolute Gasteiger partial charge is 0.495 e. The number of carbonyl (C=O) groups is 1. The Bertz CT molecular complexity index is 1190. The highest BCUT2D eigenvalue weighted by molar-refractivity contribution is 7.82. The predicted molar refractivity (Wildman–Crippen MR) is 141 cm³/mol. The Balaban J connectivity index is 0.00000108. The van der Waals surface area contributed by atoms with E-state index in [4.69, 9.17) is 14.0 Å². The molecule has 7 nitrogen and oxygen atoms in total. The molecule has 0 radical (unpaired) electrons. The summed E-state index contributed by atoms with van der Waals surface area (Å²) in [6.07, 6.45) is 4.63. The monoisotopic (exact) mass is 499 g/mol. The fourth-order valence-electron chi connectivity index (χ4n) is 3.84. The van der Waals surface area contributed by atoms with Gasteiger partial charge in [0.25, 0.3) is 0 Å². The lowest BCUT2D eigenvalue weighted by Crippen LogP contribution is -2.41. The van der Waals surface area contributed by atoms with Gasteiger partial charge < -0.3 is 23.6 Å². The number of hydrogen-bond acceptors (Lipinski definition) is 6. The van der Waals surface area contributed by atoms with Crippen LogP contribution in [-0.4, -0.2) is 53.3 Å². The summed E-state index contributed by atoms with van der Waals surface area (Å²) in [7, 11) is 1.49. The number of carbonyl (C=O) groups excluding carboxylic acids is 1. The molecule has 4 rings (SSSR count). The van der Waals surface area contributed by atoms with Gasteiger partial charge in [0.15, 0.2) is 0 Å². The van der Waals surface area contributed by atoms with Crippen LogP contribution in [0.4, 0.5) is 0 Å². The first-order chi connectivity index (χ1) is 16.5. The van der Waals surface area contributed by atoms with E-state index in [1.54, 1.807) is 24.4 Å². The second-order valence-electron chi connectivity index (χ2n) is 9.45. The molecular formula is C26H34BNO6S. The van der Waals surface area contributed by atoms with E-state index >= 15 is 0 Å². The number of aromatic nitrogens is 1. The van der Waals surface area contributed by atoms with Crippen molar-refractivity contribution in [3.8, 4) is 5.75 Å². The van der Waals surface area contributed by atoms with E-state index in [1.165, 1.54) is 0 Å². The third kappa shape index (κ3) is 5.86. The summed E-state index contributed by atoms with van der Waals surface area (Å²) in [6, 6.07) is 13.5. The van der Waals surface area contributed by atoms with Crippen molar-refractivity contribution in [3.05, 3.63) is 59.8 Å². The van der Waals surface area contributed by atoms with Crippen molar-refractivity contribution in [3.63, 3.8) is 0 Å². The molecule has 1 saturated heterocycles. The second-order valence-corrected chi connectivity index (χ2v) is 10.7. The molecule has 0 aliphatic carbocycles. The first kappa shape index (κ1) is 27.1. The van der Waals surface area contributed by atoms with Crippen LogP contribution in [0.15, 0.2) is 48.7 Å². The van der Waals surface area contributed by atoms with Crippen LogP contribution in [0.5, 0.6) is 5.75 Å². The molecule has 0 N–H and O–H groups in total. The number of aldehydes is 1. The normalized spacial score (nSPS) is 17.1. The Hall–Kier alpha value is -2.46. The SMILES string of the molecule is COC.CS(=O)n1ccc2c(B3OC(C)(C)C(C)(C)O3)cc(COc3ccccc3CC=O)cc21. The van der Waals surface area contributed by atoms with E-state index in [2.05, 4.69) is 4.74 Å². The van der Waals surface area contributed by atoms with Gasteiger partial charge >= 0.3 is 7.12 Å². The van der Waals surface area contributed by atoms with Crippen molar-refractivity contribution in [2.45, 2.75) is 51.9 Å². The minimum absolute atomic E-state index is 0.292. The van der Waals surface area contributed by atoms with Crippen LogP contribution in [-0.2, 0) is 42.9 Å². The molecule has 188 valence electrons. The summed E-state index contributed by atoms with van der Waals surface area (Å²) >= 11 is 0. The molecule has 0 spiro atoms. The minimum atomic E-state index is -1.21. The van der Waals surface area contributed by atoms with E-state index in [0.717, 1.165) is 33.8 Å². The maximum Gasteiger partial charge on any atom is 0.495 e. The minimum Gasteiger partial charge on any atom is -0.489 e. The van der Waals surface area contributed by atoms with Crippen LogP contribution >= 0.6 is 0 Å². The number of fused-ring (bicyclic) bond motifs is 1. The van der Waals surface area contributed by atoms with E-state index < -0.39 is 29.3 Å². The zero-order valence-electron chi connectivity index (χ0n) is 21.5. The molecule has 1 fully saturated rings. The molecule has 1 aliphatic heterocycles. The number of benzene rings is 2. The molecule has 0 saturated carbocycles. The highest BCUT2D eigenvalue weighted by Crippen LogP contribution is 2.37. The summed E-state index contributed by atoms with van der Waals surface area (Å²) in [6.45, 7) is 8.38. The Morgan fingerprint density at radius 3 is 2.29 bits per heavy atom. The van der Waals surface area contributed by atoms with Crippen molar-refractivity contribution in [1.29, 1.82) is 0 Å². The summed E-state index contributed by atoms with van der Waals surface area (Å²) in [5, 5.41) is 0.934. The maximum atomic E-state index is 12.3. The lowest BCUT2D eigenvalue weighted by atomic mass is 9.76. The van der Waals surface area contributed by atoms with Gasteiger partial charge in [0.1, 0.15) is 29.6 Å². The van der Waals surface area contributed by atoms with E-state index in [0.29, 0.717) is 18.8 Å². The number of rotatable bonds is 7. The van der Waals surface area contributed by atoms with Crippen molar-refractivity contribution in [2.75, 3.05) is 20.5 Å². The topological polar surface area (TPSA) is 76.0 Å². The van der Waals surface area contributed by atoms with Crippen LogP contribution in [0.25, 0.3) is 10.9 Å². The van der Waals surface area contributed by atoms with Gasteiger partial charge in [-0.3, -0.25) is 3.97 Å². The van der Waals surface area contributed by atoms with Crippen molar-refractivity contribution in [2.24, 2.45) is 0 Å². The molecular weight excluding hydrogens is 465 g/mol. The van der Waals surface area contributed by atoms with Crippen molar-refractivity contribution < 1.29 is 27.8 Å². The first-order valence-electron chi connectivity index (χ1n) is 11.4. The predicted octanol–water partition coefficient (Wildman–Crippen LogP) is 3.67. The van der Waals surface area contributed by atoms with Gasteiger partial charge in [-0.25, -0.2) is 4.21 Å². The fourth-order valence-corrected chi connectivity index (χ4v) is 4.50. The van der Waals surface area contributed by atoms with E-state index in [9.17, 15) is 9.00 Å². The zero-order valence-corrected chi connectivity index (χ0v) is 22.3. The molecule has 1 aliphatic rings. The van der Waals surface area contributed by atoms with Crippen LogP contribution in [0, 0.1) is 0 Å². The number of ether oxygens (including phenoxy) is 2. The highest BCUT2D eigenvalue weighted by Gasteiger charge is 2.52. The van der Waals surface area contributed by atoms with Gasteiger partial charge in [-0.1, -0.05) is 24.3 Å². The Labute approximate surface area is 210 Å². The highest BCUT2D eigenvalue weighted by atomic mass is 32.2. The molecule has 1 aromatic heterocycles. The Kier molecular flexibility index (Phi) is 8.59.